The van der Waals surface area contributed by atoms with Gasteiger partial charge in [-0.25, -0.2) is 9.97 Å². The second-order valence-corrected chi connectivity index (χ2v) is 9.88. The van der Waals surface area contributed by atoms with Gasteiger partial charge in [0.1, 0.15) is 24.8 Å². The minimum atomic E-state index is 0.101. The molecule has 1 amide bonds. The number of fused-ring (bicyclic) bond motifs is 3. The van der Waals surface area contributed by atoms with Crippen molar-refractivity contribution in [1.29, 1.82) is 0 Å². The van der Waals surface area contributed by atoms with Crippen molar-refractivity contribution in [2.75, 3.05) is 25.0 Å². The molecule has 164 valence electrons. The van der Waals surface area contributed by atoms with E-state index in [0.717, 1.165) is 47.8 Å². The molecule has 6 nitrogen and oxygen atoms in total. The third kappa shape index (κ3) is 4.29. The molecule has 0 bridgehead atoms. The SMILES string of the molecule is Bc1cccc(Nc2ncnc3sc4c(c23)CCN(C(=O)/C=C/CN2CCCC2C)C4)c1. The summed E-state index contributed by atoms with van der Waals surface area (Å²) in [6, 6.07) is 8.91. The molecule has 1 saturated heterocycles. The van der Waals surface area contributed by atoms with Crippen molar-refractivity contribution >= 4 is 52.3 Å². The topological polar surface area (TPSA) is 61.4 Å². The van der Waals surface area contributed by atoms with Crippen LogP contribution in [0.1, 0.15) is 30.2 Å². The zero-order valence-corrected chi connectivity index (χ0v) is 19.5. The number of nitrogens with one attached hydrogen (secondary N) is 1. The highest BCUT2D eigenvalue weighted by Gasteiger charge is 2.26. The number of carbonyl (C=O) groups excluding carboxylic acids is 1. The Morgan fingerprint density at radius 2 is 2.25 bits per heavy atom. The maximum Gasteiger partial charge on any atom is 0.246 e. The highest BCUT2D eigenvalue weighted by Crippen LogP contribution is 2.38. The van der Waals surface area contributed by atoms with Crippen LogP contribution < -0.4 is 10.8 Å². The van der Waals surface area contributed by atoms with Gasteiger partial charge >= 0.3 is 0 Å². The monoisotopic (exact) mass is 445 g/mol. The summed E-state index contributed by atoms with van der Waals surface area (Å²) in [6.07, 6.45) is 8.74. The van der Waals surface area contributed by atoms with Crippen LogP contribution in [0.2, 0.25) is 0 Å². The summed E-state index contributed by atoms with van der Waals surface area (Å²) >= 11 is 1.68. The molecule has 1 unspecified atom stereocenters. The maximum absolute atomic E-state index is 12.8. The molecule has 0 aliphatic carbocycles. The van der Waals surface area contributed by atoms with Crippen LogP contribution in [0.4, 0.5) is 11.5 Å². The van der Waals surface area contributed by atoms with Crippen LogP contribution in [0, 0.1) is 0 Å². The smallest absolute Gasteiger partial charge is 0.246 e. The van der Waals surface area contributed by atoms with E-state index in [2.05, 4.69) is 53.2 Å². The van der Waals surface area contributed by atoms with Crippen LogP contribution in [-0.2, 0) is 17.8 Å². The number of amides is 1. The number of nitrogens with zero attached hydrogens (tertiary/aromatic N) is 4. The molecule has 1 aromatic carbocycles. The van der Waals surface area contributed by atoms with Crippen LogP contribution in [0.3, 0.4) is 0 Å². The predicted octanol–water partition coefficient (Wildman–Crippen LogP) is 2.62. The first-order valence-corrected chi connectivity index (χ1v) is 12.2. The minimum Gasteiger partial charge on any atom is -0.340 e. The van der Waals surface area contributed by atoms with E-state index in [1.807, 2.05) is 17.0 Å². The molecular weight excluding hydrogens is 417 g/mol. The van der Waals surface area contributed by atoms with Crippen LogP contribution >= 0.6 is 11.3 Å². The molecule has 8 heteroatoms. The van der Waals surface area contributed by atoms with Gasteiger partial charge in [0.2, 0.25) is 5.91 Å². The summed E-state index contributed by atoms with van der Waals surface area (Å²) in [4.78, 5) is 28.4. The third-order valence-electron chi connectivity index (χ3n) is 6.52. The molecule has 0 spiro atoms. The van der Waals surface area contributed by atoms with Crippen LogP contribution in [0.25, 0.3) is 10.2 Å². The minimum absolute atomic E-state index is 0.101. The van der Waals surface area contributed by atoms with Crippen LogP contribution in [0.5, 0.6) is 0 Å². The molecule has 2 aliphatic rings. The number of hydrogen-bond donors (Lipinski definition) is 1. The summed E-state index contributed by atoms with van der Waals surface area (Å²) in [6.45, 7) is 5.62. The van der Waals surface area contributed by atoms with Crippen LogP contribution in [-0.4, -0.2) is 59.2 Å². The Bertz CT molecular complexity index is 1180. The first-order chi connectivity index (χ1) is 15.6. The number of anilines is 2. The lowest BCUT2D eigenvalue weighted by Gasteiger charge is -2.26. The second-order valence-electron chi connectivity index (χ2n) is 8.80. The largest absolute Gasteiger partial charge is 0.340 e. The number of thiophene rings is 1. The van der Waals surface area contributed by atoms with Crippen molar-refractivity contribution in [2.45, 2.75) is 38.8 Å². The molecular formula is C24H28BN5OS. The Kier molecular flexibility index (Phi) is 5.98. The van der Waals surface area contributed by atoms with Gasteiger partial charge in [-0.15, -0.1) is 11.3 Å². The third-order valence-corrected chi connectivity index (χ3v) is 7.65. The van der Waals surface area contributed by atoms with Gasteiger partial charge in [0.15, 0.2) is 0 Å². The van der Waals surface area contributed by atoms with E-state index in [-0.39, 0.29) is 5.91 Å². The van der Waals surface area contributed by atoms with Crippen molar-refractivity contribution in [3.63, 3.8) is 0 Å². The number of carbonyl (C=O) groups is 1. The summed E-state index contributed by atoms with van der Waals surface area (Å²) in [5.41, 5.74) is 3.50. The standard InChI is InChI=1S/C24H28BN5OS/c1-16-5-3-10-29(16)11-4-8-21(31)30-12-9-19-20(14-30)32-24-22(19)23(26-15-27-24)28-18-7-2-6-17(25)13-18/h2,4,6-8,13,15-16H,3,5,9-12,14,25H2,1H3,(H,26,27,28)/b8-4+. The molecule has 0 saturated carbocycles. The fourth-order valence-corrected chi connectivity index (χ4v) is 5.93. The van der Waals surface area contributed by atoms with E-state index < -0.39 is 0 Å². The van der Waals surface area contributed by atoms with E-state index in [4.69, 9.17) is 0 Å². The van der Waals surface area contributed by atoms with Crippen molar-refractivity contribution in [3.8, 4) is 0 Å². The van der Waals surface area contributed by atoms with Gasteiger partial charge in [0, 0.05) is 35.8 Å². The quantitative estimate of drug-likeness (QED) is 0.483. The van der Waals surface area contributed by atoms with Crippen LogP contribution in [0.15, 0.2) is 42.7 Å². The van der Waals surface area contributed by atoms with E-state index in [1.54, 1.807) is 23.7 Å². The zero-order chi connectivity index (χ0) is 22.1. The molecule has 5 rings (SSSR count). The molecule has 4 heterocycles. The second kappa shape index (κ2) is 9.04. The van der Waals surface area contributed by atoms with Crippen molar-refractivity contribution in [2.24, 2.45) is 0 Å². The van der Waals surface area contributed by atoms with Gasteiger partial charge in [-0.05, 0) is 50.4 Å². The number of benzene rings is 1. The average Bonchev–Trinajstić information content (AvgIpc) is 3.36. The van der Waals surface area contributed by atoms with E-state index >= 15 is 0 Å². The van der Waals surface area contributed by atoms with Gasteiger partial charge in [-0.3, -0.25) is 9.69 Å². The first-order valence-electron chi connectivity index (χ1n) is 11.4. The molecule has 1 fully saturated rings. The van der Waals surface area contributed by atoms with Gasteiger partial charge in [0.05, 0.1) is 11.9 Å². The van der Waals surface area contributed by atoms with Gasteiger partial charge in [-0.2, -0.15) is 0 Å². The summed E-state index contributed by atoms with van der Waals surface area (Å²) in [7, 11) is 2.08. The Morgan fingerprint density at radius 3 is 3.06 bits per heavy atom. The first kappa shape index (κ1) is 21.2. The number of rotatable bonds is 5. The molecule has 2 aromatic heterocycles. The molecule has 1 atom stereocenters. The Labute approximate surface area is 193 Å². The van der Waals surface area contributed by atoms with Crippen molar-refractivity contribution in [1.82, 2.24) is 19.8 Å². The van der Waals surface area contributed by atoms with E-state index in [1.165, 1.54) is 28.7 Å². The zero-order valence-electron chi connectivity index (χ0n) is 18.7. The maximum atomic E-state index is 12.8. The molecule has 0 radical (unpaired) electrons. The van der Waals surface area contributed by atoms with Gasteiger partial charge in [0.25, 0.3) is 0 Å². The lowest BCUT2D eigenvalue weighted by atomic mass is 9.96. The normalized spacial score (nSPS) is 19.0. The fourth-order valence-electron chi connectivity index (χ4n) is 4.73. The lowest BCUT2D eigenvalue weighted by molar-refractivity contribution is -0.126. The highest BCUT2D eigenvalue weighted by atomic mass is 32.1. The Morgan fingerprint density at radius 1 is 1.34 bits per heavy atom. The molecule has 1 N–H and O–H groups in total. The number of hydrogen-bond acceptors (Lipinski definition) is 6. The molecule has 32 heavy (non-hydrogen) atoms. The number of aromatic nitrogens is 2. The molecule has 3 aromatic rings. The summed E-state index contributed by atoms with van der Waals surface area (Å²) in [5, 5.41) is 4.57. The Hall–Kier alpha value is -2.71. The van der Waals surface area contributed by atoms with E-state index in [9.17, 15) is 4.79 Å². The lowest BCUT2D eigenvalue weighted by Crippen LogP contribution is -2.34. The van der Waals surface area contributed by atoms with Crippen molar-refractivity contribution in [3.05, 3.63) is 53.2 Å². The van der Waals surface area contributed by atoms with Gasteiger partial charge in [-0.1, -0.05) is 23.7 Å². The summed E-state index contributed by atoms with van der Waals surface area (Å²) < 4.78 is 0. The van der Waals surface area contributed by atoms with E-state index in [0.29, 0.717) is 12.6 Å². The van der Waals surface area contributed by atoms with Gasteiger partial charge < -0.3 is 10.2 Å². The Balaban J connectivity index is 1.32. The fraction of sp³-hybridized carbons (Fsp3) is 0.375. The number of likely N-dealkylation sites (tertiary alicyclic amines) is 1. The van der Waals surface area contributed by atoms with Crippen molar-refractivity contribution < 1.29 is 4.79 Å². The predicted molar refractivity (Wildman–Crippen MR) is 134 cm³/mol. The average molecular weight is 445 g/mol. The summed E-state index contributed by atoms with van der Waals surface area (Å²) in [5.74, 6) is 0.946. The highest BCUT2D eigenvalue weighted by molar-refractivity contribution is 7.19. The molecule has 2 aliphatic heterocycles.